The zero-order valence-electron chi connectivity index (χ0n) is 8.51. The van der Waals surface area contributed by atoms with Crippen LogP contribution in [0.5, 0.6) is 0 Å². The average Bonchev–Trinajstić information content (AvgIpc) is 2.31. The van der Waals surface area contributed by atoms with E-state index in [1.54, 1.807) is 36.7 Å². The molecule has 1 aromatic carbocycles. The van der Waals surface area contributed by atoms with E-state index < -0.39 is 5.92 Å². The van der Waals surface area contributed by atoms with Crippen LogP contribution in [0.4, 0.5) is 4.39 Å². The molecule has 16 heavy (non-hydrogen) atoms. The number of hydrogen-bond donors (Lipinski definition) is 0. The summed E-state index contributed by atoms with van der Waals surface area (Å²) in [4.78, 5) is 15.0. The van der Waals surface area contributed by atoms with E-state index in [4.69, 9.17) is 0 Å². The molecule has 0 aliphatic carbocycles. The zero-order valence-corrected chi connectivity index (χ0v) is 8.51. The summed E-state index contributed by atoms with van der Waals surface area (Å²) in [6, 6.07) is 9.58. The van der Waals surface area contributed by atoms with Crippen molar-refractivity contribution >= 4 is 6.29 Å². The summed E-state index contributed by atoms with van der Waals surface area (Å²) in [5.74, 6) is -0.767. The van der Waals surface area contributed by atoms with Crippen molar-refractivity contribution in [2.24, 2.45) is 0 Å². The topological polar surface area (TPSA) is 30.0 Å². The lowest BCUT2D eigenvalue weighted by Gasteiger charge is -2.10. The van der Waals surface area contributed by atoms with Crippen molar-refractivity contribution in [3.63, 3.8) is 0 Å². The number of pyridine rings is 1. The Balaban J connectivity index is 2.41. The fraction of sp³-hybridized carbons (Fsp3) is 0.0769. The van der Waals surface area contributed by atoms with Crippen LogP contribution in [0.1, 0.15) is 17.0 Å². The molecule has 0 spiro atoms. The Morgan fingerprint density at radius 1 is 1.12 bits per heavy atom. The van der Waals surface area contributed by atoms with Crippen LogP contribution in [0.25, 0.3) is 0 Å². The molecule has 1 atom stereocenters. The van der Waals surface area contributed by atoms with Gasteiger partial charge in [0.15, 0.2) is 0 Å². The van der Waals surface area contributed by atoms with Gasteiger partial charge >= 0.3 is 0 Å². The van der Waals surface area contributed by atoms with Crippen LogP contribution in [-0.2, 0) is 4.79 Å². The molecule has 1 heterocycles. The van der Waals surface area contributed by atoms with Crippen LogP contribution in [-0.4, -0.2) is 11.3 Å². The molecule has 0 aliphatic heterocycles. The van der Waals surface area contributed by atoms with Crippen LogP contribution in [0, 0.1) is 5.82 Å². The van der Waals surface area contributed by atoms with Crippen LogP contribution in [0.2, 0.25) is 0 Å². The van der Waals surface area contributed by atoms with Crippen molar-refractivity contribution in [2.75, 3.05) is 0 Å². The normalized spacial score (nSPS) is 12.1. The smallest absolute Gasteiger partial charge is 0.131 e. The SMILES string of the molecule is O=CC(c1ccncc1)c1cccc(F)c1. The van der Waals surface area contributed by atoms with Crippen molar-refractivity contribution in [2.45, 2.75) is 5.92 Å². The zero-order chi connectivity index (χ0) is 11.4. The minimum absolute atomic E-state index is 0.335. The summed E-state index contributed by atoms with van der Waals surface area (Å²) in [6.45, 7) is 0. The number of benzene rings is 1. The number of rotatable bonds is 3. The maximum Gasteiger partial charge on any atom is 0.131 e. The highest BCUT2D eigenvalue weighted by molar-refractivity contribution is 5.68. The standard InChI is InChI=1S/C13H10FNO/c14-12-3-1-2-11(8-12)13(9-16)10-4-6-15-7-5-10/h1-9,13H. The summed E-state index contributed by atoms with van der Waals surface area (Å²) in [6.07, 6.45) is 4.04. The molecular weight excluding hydrogens is 205 g/mol. The van der Waals surface area contributed by atoms with E-state index in [1.807, 2.05) is 0 Å². The largest absolute Gasteiger partial charge is 0.302 e. The van der Waals surface area contributed by atoms with Gasteiger partial charge in [0.25, 0.3) is 0 Å². The lowest BCUT2D eigenvalue weighted by Crippen LogP contribution is -2.02. The molecule has 2 rings (SSSR count). The van der Waals surface area contributed by atoms with E-state index in [2.05, 4.69) is 4.98 Å². The van der Waals surface area contributed by atoms with E-state index in [0.29, 0.717) is 5.56 Å². The molecule has 0 fully saturated rings. The van der Waals surface area contributed by atoms with Gasteiger partial charge in [0.2, 0.25) is 0 Å². The highest BCUT2D eigenvalue weighted by atomic mass is 19.1. The summed E-state index contributed by atoms with van der Waals surface area (Å²) >= 11 is 0. The van der Waals surface area contributed by atoms with Gasteiger partial charge in [0.05, 0.1) is 5.92 Å². The van der Waals surface area contributed by atoms with E-state index in [1.165, 1.54) is 12.1 Å². The van der Waals surface area contributed by atoms with Gasteiger partial charge in [-0.25, -0.2) is 4.39 Å². The molecule has 2 nitrogen and oxygen atoms in total. The second-order valence-electron chi connectivity index (χ2n) is 3.45. The molecule has 1 unspecified atom stereocenters. The number of carbonyl (C=O) groups is 1. The minimum Gasteiger partial charge on any atom is -0.302 e. The summed E-state index contributed by atoms with van der Waals surface area (Å²) in [7, 11) is 0. The molecule has 0 radical (unpaired) electrons. The molecule has 0 aliphatic rings. The van der Waals surface area contributed by atoms with Crippen molar-refractivity contribution in [3.8, 4) is 0 Å². The van der Waals surface area contributed by atoms with Crippen molar-refractivity contribution in [1.29, 1.82) is 0 Å². The van der Waals surface area contributed by atoms with Gasteiger partial charge in [-0.15, -0.1) is 0 Å². The second kappa shape index (κ2) is 4.66. The third kappa shape index (κ3) is 2.14. The molecule has 80 valence electrons. The molecule has 0 saturated heterocycles. The highest BCUT2D eigenvalue weighted by Gasteiger charge is 2.13. The molecule has 3 heteroatoms. The lowest BCUT2D eigenvalue weighted by molar-refractivity contribution is -0.108. The van der Waals surface area contributed by atoms with Crippen molar-refractivity contribution in [1.82, 2.24) is 4.98 Å². The molecular formula is C13H10FNO. The number of aromatic nitrogens is 1. The Bertz CT molecular complexity index is 484. The molecule has 0 saturated carbocycles. The lowest BCUT2D eigenvalue weighted by atomic mass is 9.93. The van der Waals surface area contributed by atoms with Gasteiger partial charge in [-0.1, -0.05) is 12.1 Å². The Kier molecular flexibility index (Phi) is 3.05. The van der Waals surface area contributed by atoms with Gasteiger partial charge in [-0.2, -0.15) is 0 Å². The first kappa shape index (κ1) is 10.5. The van der Waals surface area contributed by atoms with Gasteiger partial charge in [0.1, 0.15) is 12.1 Å². The fourth-order valence-corrected chi connectivity index (χ4v) is 1.62. The predicted molar refractivity (Wildman–Crippen MR) is 58.5 cm³/mol. The van der Waals surface area contributed by atoms with Crippen LogP contribution >= 0.6 is 0 Å². The van der Waals surface area contributed by atoms with Gasteiger partial charge < -0.3 is 4.79 Å². The van der Waals surface area contributed by atoms with Gasteiger partial charge in [-0.3, -0.25) is 4.98 Å². The predicted octanol–water partition coefficient (Wildman–Crippen LogP) is 2.55. The number of nitrogens with zero attached hydrogens (tertiary/aromatic N) is 1. The third-order valence-electron chi connectivity index (χ3n) is 2.41. The molecule has 0 amide bonds. The Morgan fingerprint density at radius 2 is 1.88 bits per heavy atom. The number of hydrogen-bond acceptors (Lipinski definition) is 2. The van der Waals surface area contributed by atoms with Gasteiger partial charge in [-0.05, 0) is 35.4 Å². The average molecular weight is 215 g/mol. The summed E-state index contributed by atoms with van der Waals surface area (Å²) in [5.41, 5.74) is 1.47. The van der Waals surface area contributed by atoms with Crippen LogP contribution < -0.4 is 0 Å². The first-order valence-corrected chi connectivity index (χ1v) is 4.92. The highest BCUT2D eigenvalue weighted by Crippen LogP contribution is 2.22. The molecule has 1 aromatic heterocycles. The number of carbonyl (C=O) groups excluding carboxylic acids is 1. The Hall–Kier alpha value is -2.03. The minimum atomic E-state index is -0.432. The molecule has 2 aromatic rings. The first-order chi connectivity index (χ1) is 7.81. The van der Waals surface area contributed by atoms with E-state index >= 15 is 0 Å². The van der Waals surface area contributed by atoms with E-state index in [-0.39, 0.29) is 5.82 Å². The van der Waals surface area contributed by atoms with E-state index in [9.17, 15) is 9.18 Å². The second-order valence-corrected chi connectivity index (χ2v) is 3.45. The molecule has 0 N–H and O–H groups in total. The first-order valence-electron chi connectivity index (χ1n) is 4.92. The maximum atomic E-state index is 13.1. The quantitative estimate of drug-likeness (QED) is 0.736. The van der Waals surface area contributed by atoms with Crippen molar-refractivity contribution < 1.29 is 9.18 Å². The summed E-state index contributed by atoms with van der Waals surface area (Å²) in [5, 5.41) is 0. The third-order valence-corrected chi connectivity index (χ3v) is 2.41. The van der Waals surface area contributed by atoms with Gasteiger partial charge in [0, 0.05) is 12.4 Å². The fourth-order valence-electron chi connectivity index (χ4n) is 1.62. The van der Waals surface area contributed by atoms with Crippen LogP contribution in [0.15, 0.2) is 48.8 Å². The van der Waals surface area contributed by atoms with E-state index in [0.717, 1.165) is 11.8 Å². The monoisotopic (exact) mass is 215 g/mol. The maximum absolute atomic E-state index is 13.1. The van der Waals surface area contributed by atoms with Crippen molar-refractivity contribution in [3.05, 3.63) is 65.7 Å². The Labute approximate surface area is 92.8 Å². The Morgan fingerprint density at radius 3 is 2.50 bits per heavy atom. The van der Waals surface area contributed by atoms with Crippen LogP contribution in [0.3, 0.4) is 0 Å². The number of aldehydes is 1. The molecule has 0 bridgehead atoms. The number of halogens is 1. The summed E-state index contributed by atoms with van der Waals surface area (Å²) < 4.78 is 13.1.